The van der Waals surface area contributed by atoms with Gasteiger partial charge < -0.3 is 19.9 Å². The minimum atomic E-state index is -0.362. The summed E-state index contributed by atoms with van der Waals surface area (Å²) in [7, 11) is 3.40. The monoisotopic (exact) mass is 415 g/mol. The largest absolute Gasteiger partial charge is 0.366 e. The van der Waals surface area contributed by atoms with Crippen LogP contribution in [0.3, 0.4) is 0 Å². The van der Waals surface area contributed by atoms with Gasteiger partial charge in [-0.3, -0.25) is 4.79 Å². The molecule has 0 saturated carbocycles. The fourth-order valence-electron chi connectivity index (χ4n) is 6.14. The summed E-state index contributed by atoms with van der Waals surface area (Å²) in [5.41, 5.74) is 9.04. The molecule has 5 heteroatoms. The minimum Gasteiger partial charge on any atom is -0.366 e. The molecule has 4 atom stereocenters. The Morgan fingerprint density at radius 3 is 2.63 bits per heavy atom. The first kappa shape index (κ1) is 21.8. The molecule has 2 saturated heterocycles. The number of carbonyl (C=O) groups is 1. The highest BCUT2D eigenvalue weighted by Gasteiger charge is 2.54. The highest BCUT2D eigenvalue weighted by atomic mass is 16.7. The van der Waals surface area contributed by atoms with E-state index in [1.54, 1.807) is 14.2 Å². The maximum atomic E-state index is 11.9. The third-order valence-corrected chi connectivity index (χ3v) is 7.82. The standard InChI is InChI=1S/C25H37NO4/c1-24(2)10-7-16(8-11-24)21-14-17(22(26)27)5-6-20(21)18-13-19-9-12-25(15-18,30-19)23(28-3)29-4/h5,7,14,18-20,23H,6,8-13,15H2,1-4H3,(H2,26,27). The molecule has 2 bridgehead atoms. The Balaban J connectivity index is 1.63. The van der Waals surface area contributed by atoms with Crippen LogP contribution in [0.1, 0.15) is 65.2 Å². The Bertz CT molecular complexity index is 776. The zero-order valence-corrected chi connectivity index (χ0v) is 18.9. The van der Waals surface area contributed by atoms with Crippen molar-refractivity contribution in [2.24, 2.45) is 23.0 Å². The van der Waals surface area contributed by atoms with Crippen molar-refractivity contribution < 1.29 is 19.0 Å². The molecular weight excluding hydrogens is 378 g/mol. The molecule has 166 valence electrons. The van der Waals surface area contributed by atoms with Crippen molar-refractivity contribution in [1.29, 1.82) is 0 Å². The van der Waals surface area contributed by atoms with Gasteiger partial charge in [0, 0.05) is 19.8 Å². The fourth-order valence-corrected chi connectivity index (χ4v) is 6.14. The van der Waals surface area contributed by atoms with Crippen LogP contribution in [0.2, 0.25) is 0 Å². The molecule has 0 radical (unpaired) electrons. The van der Waals surface area contributed by atoms with Crippen LogP contribution in [0.25, 0.3) is 0 Å². The van der Waals surface area contributed by atoms with Crippen LogP contribution in [-0.4, -0.2) is 38.1 Å². The molecule has 30 heavy (non-hydrogen) atoms. The molecule has 4 rings (SSSR count). The van der Waals surface area contributed by atoms with Crippen molar-refractivity contribution in [3.05, 3.63) is 34.9 Å². The van der Waals surface area contributed by atoms with Crippen molar-refractivity contribution in [3.63, 3.8) is 0 Å². The van der Waals surface area contributed by atoms with Crippen LogP contribution in [0.5, 0.6) is 0 Å². The Morgan fingerprint density at radius 2 is 2.00 bits per heavy atom. The number of hydrogen-bond donors (Lipinski definition) is 1. The Hall–Kier alpha value is -1.43. The molecule has 2 fully saturated rings. The van der Waals surface area contributed by atoms with E-state index in [-0.39, 0.29) is 23.9 Å². The Kier molecular flexibility index (Phi) is 5.99. The number of rotatable bonds is 6. The molecule has 1 amide bonds. The molecule has 2 heterocycles. The van der Waals surface area contributed by atoms with Gasteiger partial charge in [0.2, 0.25) is 5.91 Å². The highest BCUT2D eigenvalue weighted by Crippen LogP contribution is 2.52. The number of primary amides is 1. The summed E-state index contributed by atoms with van der Waals surface area (Å²) in [6, 6.07) is 0. The summed E-state index contributed by atoms with van der Waals surface area (Å²) >= 11 is 0. The zero-order chi connectivity index (χ0) is 21.5. The number of amides is 1. The summed E-state index contributed by atoms with van der Waals surface area (Å²) in [5.74, 6) is 0.538. The second-order valence-electron chi connectivity index (χ2n) is 10.4. The summed E-state index contributed by atoms with van der Waals surface area (Å²) in [6.07, 6.45) is 14.7. The molecule has 0 aromatic rings. The SMILES string of the molecule is COC(OC)C12CCC(CC(C3CC=C(C(N)=O)C=C3C3=CCC(C)(C)CC3)C1)O2. The normalized spacial score (nSPS) is 35.6. The van der Waals surface area contributed by atoms with E-state index < -0.39 is 0 Å². The van der Waals surface area contributed by atoms with Crippen LogP contribution in [0, 0.1) is 17.3 Å². The first-order chi connectivity index (χ1) is 14.3. The Labute approximate surface area is 180 Å². The lowest BCUT2D eigenvalue weighted by Crippen LogP contribution is -2.50. The molecular formula is C25H37NO4. The van der Waals surface area contributed by atoms with Crippen LogP contribution < -0.4 is 5.73 Å². The first-order valence-electron chi connectivity index (χ1n) is 11.4. The van der Waals surface area contributed by atoms with Crippen molar-refractivity contribution >= 4 is 5.91 Å². The van der Waals surface area contributed by atoms with Gasteiger partial charge in [-0.2, -0.15) is 0 Å². The number of carbonyl (C=O) groups excluding carboxylic acids is 1. The van der Waals surface area contributed by atoms with Gasteiger partial charge in [-0.05, 0) is 85.8 Å². The highest BCUT2D eigenvalue weighted by molar-refractivity contribution is 5.95. The third-order valence-electron chi connectivity index (χ3n) is 7.82. The molecule has 4 unspecified atom stereocenters. The van der Waals surface area contributed by atoms with E-state index >= 15 is 0 Å². The summed E-state index contributed by atoms with van der Waals surface area (Å²) in [5, 5.41) is 0. The number of nitrogens with two attached hydrogens (primary N) is 1. The average Bonchev–Trinajstić information content (AvgIpc) is 3.03. The average molecular weight is 416 g/mol. The van der Waals surface area contributed by atoms with Gasteiger partial charge in [0.15, 0.2) is 6.29 Å². The van der Waals surface area contributed by atoms with Gasteiger partial charge in [-0.1, -0.05) is 26.0 Å². The van der Waals surface area contributed by atoms with E-state index in [2.05, 4.69) is 26.0 Å². The van der Waals surface area contributed by atoms with Crippen molar-refractivity contribution in [2.75, 3.05) is 14.2 Å². The molecule has 0 spiro atoms. The molecule has 4 aliphatic rings. The number of ether oxygens (including phenoxy) is 3. The van der Waals surface area contributed by atoms with Gasteiger partial charge in [-0.15, -0.1) is 0 Å². The second-order valence-corrected chi connectivity index (χ2v) is 10.4. The van der Waals surface area contributed by atoms with E-state index in [9.17, 15) is 4.79 Å². The summed E-state index contributed by atoms with van der Waals surface area (Å²) in [4.78, 5) is 11.9. The minimum absolute atomic E-state index is 0.263. The zero-order valence-electron chi connectivity index (χ0n) is 18.9. The van der Waals surface area contributed by atoms with E-state index in [1.165, 1.54) is 17.6 Å². The van der Waals surface area contributed by atoms with Gasteiger partial charge >= 0.3 is 0 Å². The van der Waals surface area contributed by atoms with Gasteiger partial charge in [-0.25, -0.2) is 0 Å². The lowest BCUT2D eigenvalue weighted by Gasteiger charge is -2.45. The maximum absolute atomic E-state index is 11.9. The number of allylic oxidation sites excluding steroid dienone is 4. The topological polar surface area (TPSA) is 70.8 Å². The van der Waals surface area contributed by atoms with E-state index in [0.717, 1.165) is 44.9 Å². The quantitative estimate of drug-likeness (QED) is 0.652. The van der Waals surface area contributed by atoms with Crippen molar-refractivity contribution in [2.45, 2.75) is 83.2 Å². The molecule has 2 aliphatic carbocycles. The first-order valence-corrected chi connectivity index (χ1v) is 11.4. The smallest absolute Gasteiger partial charge is 0.248 e. The van der Waals surface area contributed by atoms with E-state index in [4.69, 9.17) is 19.9 Å². The van der Waals surface area contributed by atoms with Crippen LogP contribution in [0.4, 0.5) is 0 Å². The van der Waals surface area contributed by atoms with Gasteiger partial charge in [0.1, 0.15) is 5.60 Å². The predicted octanol–water partition coefficient (Wildman–Crippen LogP) is 4.43. The van der Waals surface area contributed by atoms with Crippen molar-refractivity contribution in [3.8, 4) is 0 Å². The number of methoxy groups -OCH3 is 2. The molecule has 2 aliphatic heterocycles. The van der Waals surface area contributed by atoms with Gasteiger partial charge in [0.05, 0.1) is 6.10 Å². The maximum Gasteiger partial charge on any atom is 0.248 e. The third kappa shape index (κ3) is 4.04. The van der Waals surface area contributed by atoms with E-state index in [1.807, 2.05) is 6.08 Å². The summed E-state index contributed by atoms with van der Waals surface area (Å²) < 4.78 is 17.8. The Morgan fingerprint density at radius 1 is 1.23 bits per heavy atom. The molecule has 5 nitrogen and oxygen atoms in total. The molecule has 0 aromatic heterocycles. The molecule has 2 N–H and O–H groups in total. The predicted molar refractivity (Wildman–Crippen MR) is 117 cm³/mol. The second kappa shape index (κ2) is 8.25. The van der Waals surface area contributed by atoms with Crippen LogP contribution in [-0.2, 0) is 19.0 Å². The fraction of sp³-hybridized carbons (Fsp3) is 0.720. The van der Waals surface area contributed by atoms with Crippen molar-refractivity contribution in [1.82, 2.24) is 0 Å². The number of hydrogen-bond acceptors (Lipinski definition) is 4. The van der Waals surface area contributed by atoms with Gasteiger partial charge in [0.25, 0.3) is 0 Å². The molecule has 0 aromatic carbocycles. The van der Waals surface area contributed by atoms with E-state index in [0.29, 0.717) is 22.8 Å². The summed E-state index contributed by atoms with van der Waals surface area (Å²) in [6.45, 7) is 4.66. The number of fused-ring (bicyclic) bond motifs is 2. The lowest BCUT2D eigenvalue weighted by atomic mass is 9.68. The van der Waals surface area contributed by atoms with Crippen LogP contribution in [0.15, 0.2) is 34.9 Å². The lowest BCUT2D eigenvalue weighted by molar-refractivity contribution is -0.250. The van der Waals surface area contributed by atoms with Crippen LogP contribution >= 0.6 is 0 Å².